The van der Waals surface area contributed by atoms with Gasteiger partial charge in [0.15, 0.2) is 0 Å². The Hall–Kier alpha value is -1.26. The summed E-state index contributed by atoms with van der Waals surface area (Å²) in [5, 5.41) is 0. The second-order valence-corrected chi connectivity index (χ2v) is 3.96. The molecule has 0 aromatic carbocycles. The van der Waals surface area contributed by atoms with Crippen LogP contribution in [0.3, 0.4) is 0 Å². The van der Waals surface area contributed by atoms with E-state index in [4.69, 9.17) is 4.74 Å². The molecule has 0 fully saturated rings. The van der Waals surface area contributed by atoms with Gasteiger partial charge in [0.1, 0.15) is 0 Å². The van der Waals surface area contributed by atoms with Crippen molar-refractivity contribution in [1.82, 2.24) is 9.80 Å². The van der Waals surface area contributed by atoms with Crippen LogP contribution >= 0.6 is 0 Å². The minimum Gasteiger partial charge on any atom is -0.449 e. The molecule has 0 unspecified atom stereocenters. The van der Waals surface area contributed by atoms with E-state index in [9.17, 15) is 9.59 Å². The summed E-state index contributed by atoms with van der Waals surface area (Å²) in [4.78, 5) is 26.6. The van der Waals surface area contributed by atoms with Crippen molar-refractivity contribution in [3.8, 4) is 0 Å². The summed E-state index contributed by atoms with van der Waals surface area (Å²) in [6, 6.07) is 0. The standard InChI is InChI=1S/C13H26N2O3/c1-5-14(6-2)12(16)10-9-11-18-13(17)15(7-3)8-4/h5-11H2,1-4H3. The molecule has 0 rings (SSSR count). The van der Waals surface area contributed by atoms with Crippen LogP contribution in [0.2, 0.25) is 0 Å². The Morgan fingerprint density at radius 2 is 1.39 bits per heavy atom. The van der Waals surface area contributed by atoms with E-state index < -0.39 is 0 Å². The van der Waals surface area contributed by atoms with Gasteiger partial charge < -0.3 is 14.5 Å². The van der Waals surface area contributed by atoms with Crippen LogP contribution in [-0.4, -0.2) is 54.6 Å². The molecule has 18 heavy (non-hydrogen) atoms. The topological polar surface area (TPSA) is 49.9 Å². The second-order valence-electron chi connectivity index (χ2n) is 3.96. The fourth-order valence-electron chi connectivity index (χ4n) is 1.69. The molecule has 5 nitrogen and oxygen atoms in total. The van der Waals surface area contributed by atoms with Gasteiger partial charge in [0.05, 0.1) is 6.61 Å². The highest BCUT2D eigenvalue weighted by Gasteiger charge is 2.12. The summed E-state index contributed by atoms with van der Waals surface area (Å²) in [5.74, 6) is 0.124. The number of amides is 2. The molecule has 5 heteroatoms. The average Bonchev–Trinajstić information content (AvgIpc) is 2.37. The van der Waals surface area contributed by atoms with Crippen molar-refractivity contribution in [1.29, 1.82) is 0 Å². The molecule has 0 radical (unpaired) electrons. The van der Waals surface area contributed by atoms with Crippen LogP contribution in [-0.2, 0) is 9.53 Å². The van der Waals surface area contributed by atoms with Crippen LogP contribution in [0.15, 0.2) is 0 Å². The molecule has 0 saturated carbocycles. The van der Waals surface area contributed by atoms with Gasteiger partial charge in [-0.25, -0.2) is 4.79 Å². The predicted octanol–water partition coefficient (Wildman–Crippen LogP) is 2.11. The number of nitrogens with zero attached hydrogens (tertiary/aromatic N) is 2. The molecule has 0 aromatic heterocycles. The monoisotopic (exact) mass is 258 g/mol. The number of rotatable bonds is 8. The van der Waals surface area contributed by atoms with E-state index >= 15 is 0 Å². The van der Waals surface area contributed by atoms with E-state index in [1.807, 2.05) is 27.7 Å². The van der Waals surface area contributed by atoms with Gasteiger partial charge in [-0.2, -0.15) is 0 Å². The summed E-state index contributed by atoms with van der Waals surface area (Å²) in [6.45, 7) is 10.8. The summed E-state index contributed by atoms with van der Waals surface area (Å²) < 4.78 is 5.10. The minimum absolute atomic E-state index is 0.124. The fourth-order valence-corrected chi connectivity index (χ4v) is 1.69. The van der Waals surface area contributed by atoms with Gasteiger partial charge in [0, 0.05) is 32.6 Å². The third-order valence-corrected chi connectivity index (χ3v) is 2.90. The van der Waals surface area contributed by atoms with Crippen molar-refractivity contribution in [3.05, 3.63) is 0 Å². The lowest BCUT2D eigenvalue weighted by molar-refractivity contribution is -0.131. The molecule has 0 N–H and O–H groups in total. The lowest BCUT2D eigenvalue weighted by Gasteiger charge is -2.19. The zero-order chi connectivity index (χ0) is 14.0. The molecule has 0 atom stereocenters. The Morgan fingerprint density at radius 3 is 1.83 bits per heavy atom. The molecule has 0 saturated heterocycles. The van der Waals surface area contributed by atoms with Crippen molar-refractivity contribution in [3.63, 3.8) is 0 Å². The van der Waals surface area contributed by atoms with E-state index in [-0.39, 0.29) is 12.0 Å². The van der Waals surface area contributed by atoms with Crippen molar-refractivity contribution in [2.45, 2.75) is 40.5 Å². The normalized spacial score (nSPS) is 10.0. The summed E-state index contributed by atoms with van der Waals surface area (Å²) >= 11 is 0. The van der Waals surface area contributed by atoms with Crippen LogP contribution in [0.1, 0.15) is 40.5 Å². The number of carbonyl (C=O) groups excluding carboxylic acids is 2. The number of hydrogen-bond donors (Lipinski definition) is 0. The summed E-state index contributed by atoms with van der Waals surface area (Å²) in [6.07, 6.45) is 0.727. The first-order chi connectivity index (χ1) is 8.60. The molecule has 0 spiro atoms. The smallest absolute Gasteiger partial charge is 0.409 e. The highest BCUT2D eigenvalue weighted by Crippen LogP contribution is 2.00. The van der Waals surface area contributed by atoms with Crippen LogP contribution < -0.4 is 0 Å². The molecular weight excluding hydrogens is 232 g/mol. The maximum absolute atomic E-state index is 11.7. The highest BCUT2D eigenvalue weighted by molar-refractivity contribution is 5.76. The molecule has 0 aromatic rings. The largest absolute Gasteiger partial charge is 0.449 e. The third kappa shape index (κ3) is 5.89. The van der Waals surface area contributed by atoms with Crippen molar-refractivity contribution >= 4 is 12.0 Å². The zero-order valence-corrected chi connectivity index (χ0v) is 12.1. The molecule has 0 aliphatic carbocycles. The zero-order valence-electron chi connectivity index (χ0n) is 12.1. The van der Waals surface area contributed by atoms with Crippen LogP contribution in [0.25, 0.3) is 0 Å². The lowest BCUT2D eigenvalue weighted by atomic mass is 10.3. The molecule has 0 bridgehead atoms. The van der Waals surface area contributed by atoms with Gasteiger partial charge in [-0.15, -0.1) is 0 Å². The predicted molar refractivity (Wildman–Crippen MR) is 71.4 cm³/mol. The van der Waals surface area contributed by atoms with Crippen molar-refractivity contribution in [2.24, 2.45) is 0 Å². The van der Waals surface area contributed by atoms with Gasteiger partial charge in [-0.1, -0.05) is 0 Å². The lowest BCUT2D eigenvalue weighted by Crippen LogP contribution is -2.32. The first-order valence-corrected chi connectivity index (χ1v) is 6.80. The van der Waals surface area contributed by atoms with E-state index in [0.717, 1.165) is 13.1 Å². The molecule has 0 aliphatic heterocycles. The van der Waals surface area contributed by atoms with Gasteiger partial charge in [-0.05, 0) is 34.1 Å². The number of ether oxygens (including phenoxy) is 1. The summed E-state index contributed by atoms with van der Waals surface area (Å²) in [7, 11) is 0. The Bertz CT molecular complexity index is 223. The van der Waals surface area contributed by atoms with Crippen molar-refractivity contribution < 1.29 is 14.3 Å². The maximum atomic E-state index is 11.7. The van der Waals surface area contributed by atoms with Crippen LogP contribution in [0.4, 0.5) is 4.79 Å². The minimum atomic E-state index is -0.296. The molecular formula is C13H26N2O3. The Kier molecular flexibility index (Phi) is 9.06. The number of carbonyl (C=O) groups is 2. The van der Waals surface area contributed by atoms with E-state index in [1.54, 1.807) is 9.80 Å². The third-order valence-electron chi connectivity index (χ3n) is 2.90. The van der Waals surface area contributed by atoms with E-state index in [1.165, 1.54) is 0 Å². The Balaban J connectivity index is 3.79. The number of hydrogen-bond acceptors (Lipinski definition) is 3. The van der Waals surface area contributed by atoms with Gasteiger partial charge in [0.25, 0.3) is 0 Å². The average molecular weight is 258 g/mol. The maximum Gasteiger partial charge on any atom is 0.409 e. The van der Waals surface area contributed by atoms with E-state index in [2.05, 4.69) is 0 Å². The first kappa shape index (κ1) is 16.7. The fraction of sp³-hybridized carbons (Fsp3) is 0.846. The highest BCUT2D eigenvalue weighted by atomic mass is 16.6. The SMILES string of the molecule is CCN(CC)C(=O)CCCOC(=O)N(CC)CC. The molecule has 0 heterocycles. The van der Waals surface area contributed by atoms with Gasteiger partial charge in [0.2, 0.25) is 5.91 Å². The van der Waals surface area contributed by atoms with Crippen LogP contribution in [0, 0.1) is 0 Å². The van der Waals surface area contributed by atoms with Crippen molar-refractivity contribution in [2.75, 3.05) is 32.8 Å². The molecule has 0 aliphatic rings. The quantitative estimate of drug-likeness (QED) is 0.627. The second kappa shape index (κ2) is 9.74. The molecule has 106 valence electrons. The first-order valence-electron chi connectivity index (χ1n) is 6.80. The Morgan fingerprint density at radius 1 is 0.889 bits per heavy atom. The Labute approximate surface area is 110 Å². The van der Waals surface area contributed by atoms with Gasteiger partial charge in [-0.3, -0.25) is 4.79 Å². The van der Waals surface area contributed by atoms with Crippen LogP contribution in [0.5, 0.6) is 0 Å². The molecule has 2 amide bonds. The summed E-state index contributed by atoms with van der Waals surface area (Å²) in [5.41, 5.74) is 0. The van der Waals surface area contributed by atoms with E-state index in [0.29, 0.717) is 32.5 Å². The van der Waals surface area contributed by atoms with Gasteiger partial charge >= 0.3 is 6.09 Å².